The van der Waals surface area contributed by atoms with Crippen LogP contribution in [0.5, 0.6) is 5.75 Å². The van der Waals surface area contributed by atoms with Gasteiger partial charge >= 0.3 is 0 Å². The first-order chi connectivity index (χ1) is 12.5. The van der Waals surface area contributed by atoms with Gasteiger partial charge in [0.15, 0.2) is 0 Å². The van der Waals surface area contributed by atoms with Crippen LogP contribution >= 0.6 is 11.3 Å². The zero-order valence-electron chi connectivity index (χ0n) is 14.8. The zero-order valence-corrected chi connectivity index (χ0v) is 15.6. The van der Waals surface area contributed by atoms with E-state index in [9.17, 15) is 9.59 Å². The quantitative estimate of drug-likeness (QED) is 0.692. The van der Waals surface area contributed by atoms with E-state index >= 15 is 0 Å². The lowest BCUT2D eigenvalue weighted by Crippen LogP contribution is -2.25. The minimum Gasteiger partial charge on any atom is -0.497 e. The van der Waals surface area contributed by atoms with E-state index in [0.29, 0.717) is 24.8 Å². The molecule has 0 atom stereocenters. The van der Waals surface area contributed by atoms with Crippen LogP contribution in [0.4, 0.5) is 0 Å². The maximum atomic E-state index is 13.2. The molecule has 7 heteroatoms. The zero-order chi connectivity index (χ0) is 18.7. The minimum absolute atomic E-state index is 0.0737. The van der Waals surface area contributed by atoms with E-state index < -0.39 is 0 Å². The van der Waals surface area contributed by atoms with Crippen LogP contribution in [0.15, 0.2) is 34.4 Å². The van der Waals surface area contributed by atoms with Gasteiger partial charge in [0.05, 0.1) is 12.5 Å². The number of ether oxygens (including phenoxy) is 1. The van der Waals surface area contributed by atoms with Gasteiger partial charge in [0, 0.05) is 30.3 Å². The topological polar surface area (TPSA) is 87.2 Å². The normalized spacial score (nSPS) is 11.0. The molecular formula is C19H21N3O3S. The molecule has 136 valence electrons. The summed E-state index contributed by atoms with van der Waals surface area (Å²) in [5, 5.41) is 2.57. The van der Waals surface area contributed by atoms with Crippen LogP contribution in [0.2, 0.25) is 0 Å². The van der Waals surface area contributed by atoms with Crippen molar-refractivity contribution >= 4 is 27.5 Å². The Balaban J connectivity index is 2.12. The van der Waals surface area contributed by atoms with Gasteiger partial charge in [-0.05, 0) is 24.1 Å². The number of fused-ring (bicyclic) bond motifs is 1. The van der Waals surface area contributed by atoms with Crippen molar-refractivity contribution in [2.75, 3.05) is 7.11 Å². The molecule has 26 heavy (non-hydrogen) atoms. The number of rotatable bonds is 7. The summed E-state index contributed by atoms with van der Waals surface area (Å²) in [7, 11) is 1.62. The molecule has 3 rings (SSSR count). The fraction of sp³-hybridized carbons (Fsp3) is 0.316. The van der Waals surface area contributed by atoms with Crippen LogP contribution in [0.3, 0.4) is 0 Å². The van der Waals surface area contributed by atoms with Crippen LogP contribution < -0.4 is 16.0 Å². The number of nitrogens with zero attached hydrogens (tertiary/aromatic N) is 2. The molecule has 0 unspecified atom stereocenters. The number of carbonyl (C=O) groups excluding carboxylic acids is 1. The third kappa shape index (κ3) is 3.48. The fourth-order valence-electron chi connectivity index (χ4n) is 2.98. The van der Waals surface area contributed by atoms with E-state index in [1.165, 1.54) is 11.3 Å². The van der Waals surface area contributed by atoms with E-state index in [0.717, 1.165) is 27.5 Å². The molecule has 2 aromatic heterocycles. The largest absolute Gasteiger partial charge is 0.497 e. The van der Waals surface area contributed by atoms with Crippen molar-refractivity contribution in [3.63, 3.8) is 0 Å². The maximum absolute atomic E-state index is 13.2. The molecule has 2 heterocycles. The Hall–Kier alpha value is -2.67. The highest BCUT2D eigenvalue weighted by Crippen LogP contribution is 2.32. The number of aryl methyl sites for hydroxylation is 1. The predicted molar refractivity (Wildman–Crippen MR) is 104 cm³/mol. The molecule has 0 bridgehead atoms. The van der Waals surface area contributed by atoms with Gasteiger partial charge in [0.2, 0.25) is 5.91 Å². The van der Waals surface area contributed by atoms with Crippen molar-refractivity contribution in [1.82, 2.24) is 9.55 Å². The molecule has 0 saturated carbocycles. The molecule has 0 saturated heterocycles. The second kappa shape index (κ2) is 7.70. The van der Waals surface area contributed by atoms with Crippen molar-refractivity contribution in [1.29, 1.82) is 0 Å². The highest BCUT2D eigenvalue weighted by molar-refractivity contribution is 7.17. The van der Waals surface area contributed by atoms with Gasteiger partial charge in [-0.25, -0.2) is 4.98 Å². The number of thiophene rings is 1. The fourth-order valence-corrected chi connectivity index (χ4v) is 3.94. The molecule has 0 radical (unpaired) electrons. The molecule has 2 N–H and O–H groups in total. The van der Waals surface area contributed by atoms with Crippen molar-refractivity contribution < 1.29 is 9.53 Å². The number of hydrogen-bond acceptors (Lipinski definition) is 5. The lowest BCUT2D eigenvalue weighted by molar-refractivity contribution is -0.118. The van der Waals surface area contributed by atoms with Crippen molar-refractivity contribution in [2.45, 2.75) is 32.7 Å². The van der Waals surface area contributed by atoms with E-state index in [1.807, 2.05) is 36.6 Å². The lowest BCUT2D eigenvalue weighted by atomic mass is 10.1. The Bertz CT molecular complexity index is 1010. The van der Waals surface area contributed by atoms with E-state index in [1.54, 1.807) is 11.7 Å². The molecule has 6 nitrogen and oxygen atoms in total. The van der Waals surface area contributed by atoms with E-state index in [2.05, 4.69) is 4.98 Å². The number of aromatic nitrogens is 2. The van der Waals surface area contributed by atoms with Gasteiger partial charge in [-0.3, -0.25) is 14.2 Å². The molecule has 1 amide bonds. The van der Waals surface area contributed by atoms with E-state index in [4.69, 9.17) is 10.5 Å². The summed E-state index contributed by atoms with van der Waals surface area (Å²) in [6.07, 6.45) is 1.42. The number of nitrogens with two attached hydrogens (primary N) is 1. The second-order valence-electron chi connectivity index (χ2n) is 5.97. The van der Waals surface area contributed by atoms with Crippen LogP contribution in [0.25, 0.3) is 21.3 Å². The Morgan fingerprint density at radius 2 is 2.19 bits per heavy atom. The molecule has 0 spiro atoms. The first-order valence-electron chi connectivity index (χ1n) is 8.48. The van der Waals surface area contributed by atoms with Crippen LogP contribution in [0.1, 0.15) is 25.6 Å². The summed E-state index contributed by atoms with van der Waals surface area (Å²) in [5.41, 5.74) is 6.91. The molecular weight excluding hydrogens is 350 g/mol. The summed E-state index contributed by atoms with van der Waals surface area (Å²) in [5.74, 6) is 1.10. The Kier molecular flexibility index (Phi) is 5.37. The van der Waals surface area contributed by atoms with Gasteiger partial charge in [-0.15, -0.1) is 11.3 Å². The maximum Gasteiger partial charge on any atom is 0.262 e. The molecule has 3 aromatic rings. The molecule has 0 aliphatic rings. The smallest absolute Gasteiger partial charge is 0.262 e. The minimum atomic E-state index is -0.363. The molecule has 1 aromatic carbocycles. The monoisotopic (exact) mass is 371 g/mol. The third-order valence-electron chi connectivity index (χ3n) is 4.27. The van der Waals surface area contributed by atoms with Crippen LogP contribution in [-0.2, 0) is 17.8 Å². The predicted octanol–water partition coefficient (Wildman–Crippen LogP) is 2.96. The van der Waals surface area contributed by atoms with Crippen molar-refractivity contribution in [3.05, 3.63) is 45.8 Å². The highest BCUT2D eigenvalue weighted by Gasteiger charge is 2.16. The average Bonchev–Trinajstić information content (AvgIpc) is 3.07. The van der Waals surface area contributed by atoms with Gasteiger partial charge in [-0.1, -0.05) is 19.1 Å². The van der Waals surface area contributed by atoms with Crippen molar-refractivity contribution in [2.24, 2.45) is 5.73 Å². The summed E-state index contributed by atoms with van der Waals surface area (Å²) in [6, 6.07) is 7.63. The number of hydrogen-bond donors (Lipinski definition) is 1. The summed E-state index contributed by atoms with van der Waals surface area (Å²) < 4.78 is 6.96. The Labute approximate surface area is 155 Å². The first kappa shape index (κ1) is 18.1. The second-order valence-corrected chi connectivity index (χ2v) is 6.83. The van der Waals surface area contributed by atoms with Crippen LogP contribution in [-0.4, -0.2) is 22.6 Å². The first-order valence-corrected chi connectivity index (χ1v) is 9.36. The Morgan fingerprint density at radius 1 is 1.38 bits per heavy atom. The van der Waals surface area contributed by atoms with E-state index in [-0.39, 0.29) is 17.9 Å². The lowest BCUT2D eigenvalue weighted by Gasteiger charge is -2.11. The van der Waals surface area contributed by atoms with Crippen LogP contribution in [0, 0.1) is 0 Å². The standard InChI is InChI=1S/C19H21N3O3S/c1-3-16-21-18-17(19(24)22(16)9-5-8-15(20)23)14(11-26-18)12-6-4-7-13(10-12)25-2/h4,6-7,10-11H,3,5,8-9H2,1-2H3,(H2,20,23). The summed E-state index contributed by atoms with van der Waals surface area (Å²) in [6.45, 7) is 2.40. The SMILES string of the molecule is CCc1nc2scc(-c3cccc(OC)c3)c2c(=O)n1CCCC(N)=O. The van der Waals surface area contributed by atoms with Crippen molar-refractivity contribution in [3.8, 4) is 16.9 Å². The van der Waals surface area contributed by atoms with Gasteiger partial charge < -0.3 is 10.5 Å². The molecule has 0 aliphatic heterocycles. The van der Waals surface area contributed by atoms with Gasteiger partial charge in [0.1, 0.15) is 16.4 Å². The van der Waals surface area contributed by atoms with Gasteiger partial charge in [0.25, 0.3) is 5.56 Å². The number of methoxy groups -OCH3 is 1. The molecule has 0 fully saturated rings. The average molecular weight is 371 g/mol. The van der Waals surface area contributed by atoms with Gasteiger partial charge in [-0.2, -0.15) is 0 Å². The summed E-state index contributed by atoms with van der Waals surface area (Å²) >= 11 is 1.46. The molecule has 0 aliphatic carbocycles. The third-order valence-corrected chi connectivity index (χ3v) is 5.15. The number of amides is 1. The number of primary amides is 1. The summed E-state index contributed by atoms with van der Waals surface area (Å²) in [4.78, 5) is 29.6. The highest BCUT2D eigenvalue weighted by atomic mass is 32.1. The Morgan fingerprint density at radius 3 is 2.88 bits per heavy atom. The number of benzene rings is 1. The number of carbonyl (C=O) groups is 1.